The molecule has 7 heteroatoms. The highest BCUT2D eigenvalue weighted by atomic mass is 32.2. The molecule has 1 aliphatic rings. The van der Waals surface area contributed by atoms with Crippen molar-refractivity contribution < 1.29 is 8.42 Å². The van der Waals surface area contributed by atoms with E-state index in [2.05, 4.69) is 9.71 Å². The van der Waals surface area contributed by atoms with Crippen molar-refractivity contribution in [2.75, 3.05) is 0 Å². The molecule has 18 heavy (non-hydrogen) atoms. The fourth-order valence-electron chi connectivity index (χ4n) is 1.58. The van der Waals surface area contributed by atoms with Crippen LogP contribution in [0.3, 0.4) is 0 Å². The highest BCUT2D eigenvalue weighted by Gasteiger charge is 2.26. The van der Waals surface area contributed by atoms with Gasteiger partial charge < -0.3 is 0 Å². The summed E-state index contributed by atoms with van der Waals surface area (Å²) in [7, 11) is -3.38. The lowest BCUT2D eigenvalue weighted by Gasteiger charge is -2.02. The zero-order chi connectivity index (χ0) is 12.6. The average molecular weight is 300 g/mol. The molecule has 4 nitrogen and oxygen atoms in total. The molecule has 0 amide bonds. The quantitative estimate of drug-likeness (QED) is 0.923. The SMILES string of the molecule is O=S(=O)(NCc1csc(C2CC2)n1)c1cccs1. The predicted molar refractivity (Wildman–Crippen MR) is 72.4 cm³/mol. The molecule has 2 heterocycles. The first kappa shape index (κ1) is 12.3. The second-order valence-corrected chi connectivity index (χ2v) is 8.04. The first-order valence-electron chi connectivity index (χ1n) is 5.62. The number of rotatable bonds is 5. The Morgan fingerprint density at radius 3 is 2.89 bits per heavy atom. The standard InChI is InChI=1S/C11H12N2O2S3/c14-18(15,10-2-1-5-16-10)12-6-9-7-17-11(13-9)8-3-4-8/h1-2,5,7-8,12H,3-4,6H2. The van der Waals surface area contributed by atoms with Gasteiger partial charge in [-0.3, -0.25) is 0 Å². The Morgan fingerprint density at radius 2 is 2.22 bits per heavy atom. The summed E-state index contributed by atoms with van der Waals surface area (Å²) < 4.78 is 26.7. The van der Waals surface area contributed by atoms with E-state index in [4.69, 9.17) is 0 Å². The minimum Gasteiger partial charge on any atom is -0.245 e. The van der Waals surface area contributed by atoms with E-state index in [1.807, 2.05) is 5.38 Å². The van der Waals surface area contributed by atoms with Crippen molar-refractivity contribution in [3.8, 4) is 0 Å². The van der Waals surface area contributed by atoms with Crippen LogP contribution < -0.4 is 4.72 Å². The van der Waals surface area contributed by atoms with E-state index < -0.39 is 10.0 Å². The first-order valence-corrected chi connectivity index (χ1v) is 8.87. The third-order valence-electron chi connectivity index (χ3n) is 2.70. The zero-order valence-corrected chi connectivity index (χ0v) is 11.9. The van der Waals surface area contributed by atoms with Crippen LogP contribution in [0.1, 0.15) is 29.5 Å². The van der Waals surface area contributed by atoms with Crippen LogP contribution in [0.15, 0.2) is 27.1 Å². The Bertz CT molecular complexity index is 627. The molecule has 0 unspecified atom stereocenters. The van der Waals surface area contributed by atoms with Crippen LogP contribution in [-0.4, -0.2) is 13.4 Å². The molecule has 3 rings (SSSR count). The molecule has 0 aromatic carbocycles. The van der Waals surface area contributed by atoms with Crippen LogP contribution >= 0.6 is 22.7 Å². The molecule has 0 spiro atoms. The fourth-order valence-corrected chi connectivity index (χ4v) is 4.61. The molecule has 0 atom stereocenters. The summed E-state index contributed by atoms with van der Waals surface area (Å²) in [5, 5.41) is 4.83. The van der Waals surface area contributed by atoms with Gasteiger partial charge in [0.15, 0.2) is 0 Å². The monoisotopic (exact) mass is 300 g/mol. The van der Waals surface area contributed by atoms with E-state index in [9.17, 15) is 8.42 Å². The summed E-state index contributed by atoms with van der Waals surface area (Å²) in [5.74, 6) is 0.623. The normalized spacial score (nSPS) is 16.0. The maximum Gasteiger partial charge on any atom is 0.250 e. The van der Waals surface area contributed by atoms with Crippen molar-refractivity contribution in [2.24, 2.45) is 0 Å². The molecule has 0 bridgehead atoms. The van der Waals surface area contributed by atoms with E-state index in [0.717, 1.165) is 10.7 Å². The minimum atomic E-state index is -3.38. The second-order valence-electron chi connectivity index (χ2n) is 4.21. The average Bonchev–Trinajstić information content (AvgIpc) is 2.88. The second kappa shape index (κ2) is 4.73. The van der Waals surface area contributed by atoms with Gasteiger partial charge in [0.1, 0.15) is 4.21 Å². The Morgan fingerprint density at radius 1 is 1.39 bits per heavy atom. The van der Waals surface area contributed by atoms with Crippen molar-refractivity contribution in [1.29, 1.82) is 0 Å². The van der Waals surface area contributed by atoms with Gasteiger partial charge in [0.05, 0.1) is 17.2 Å². The van der Waals surface area contributed by atoms with Crippen LogP contribution in [0.25, 0.3) is 0 Å². The Balaban J connectivity index is 1.66. The van der Waals surface area contributed by atoms with Gasteiger partial charge in [-0.15, -0.1) is 22.7 Å². The summed E-state index contributed by atoms with van der Waals surface area (Å²) in [5.41, 5.74) is 0.807. The van der Waals surface area contributed by atoms with E-state index in [1.54, 1.807) is 28.8 Å². The Hall–Kier alpha value is -0.760. The maximum atomic E-state index is 11.9. The largest absolute Gasteiger partial charge is 0.250 e. The summed E-state index contributed by atoms with van der Waals surface area (Å²) in [6.07, 6.45) is 2.43. The van der Waals surface area contributed by atoms with E-state index in [-0.39, 0.29) is 6.54 Å². The van der Waals surface area contributed by atoms with Crippen molar-refractivity contribution in [1.82, 2.24) is 9.71 Å². The number of thiophene rings is 1. The van der Waals surface area contributed by atoms with Gasteiger partial charge in [-0.05, 0) is 24.3 Å². The molecule has 2 aromatic rings. The molecular weight excluding hydrogens is 288 g/mol. The minimum absolute atomic E-state index is 0.267. The Labute approximate surface area is 114 Å². The highest BCUT2D eigenvalue weighted by molar-refractivity contribution is 7.91. The lowest BCUT2D eigenvalue weighted by atomic mass is 10.4. The van der Waals surface area contributed by atoms with Crippen molar-refractivity contribution in [3.63, 3.8) is 0 Å². The predicted octanol–water partition coefficient (Wildman–Crippen LogP) is 2.56. The molecule has 2 aromatic heterocycles. The molecule has 0 saturated heterocycles. The summed E-state index contributed by atoms with van der Waals surface area (Å²) in [6.45, 7) is 0.267. The smallest absolute Gasteiger partial charge is 0.245 e. The highest BCUT2D eigenvalue weighted by Crippen LogP contribution is 2.41. The molecule has 1 fully saturated rings. The molecule has 0 aliphatic heterocycles. The molecule has 96 valence electrons. The third-order valence-corrected chi connectivity index (χ3v) is 6.55. The summed E-state index contributed by atoms with van der Waals surface area (Å²) in [6, 6.07) is 3.33. The van der Waals surface area contributed by atoms with Gasteiger partial charge in [0, 0.05) is 11.3 Å². The van der Waals surface area contributed by atoms with E-state index in [1.165, 1.54) is 24.2 Å². The van der Waals surface area contributed by atoms with Crippen LogP contribution in [0.4, 0.5) is 0 Å². The fraction of sp³-hybridized carbons (Fsp3) is 0.364. The maximum absolute atomic E-state index is 11.9. The van der Waals surface area contributed by atoms with Crippen LogP contribution in [0, 0.1) is 0 Å². The van der Waals surface area contributed by atoms with Gasteiger partial charge in [-0.25, -0.2) is 18.1 Å². The number of thiazole rings is 1. The first-order chi connectivity index (χ1) is 8.65. The number of hydrogen-bond donors (Lipinski definition) is 1. The number of aromatic nitrogens is 1. The topological polar surface area (TPSA) is 59.1 Å². The zero-order valence-electron chi connectivity index (χ0n) is 9.50. The van der Waals surface area contributed by atoms with E-state index >= 15 is 0 Å². The molecule has 1 saturated carbocycles. The van der Waals surface area contributed by atoms with Crippen molar-refractivity contribution >= 4 is 32.7 Å². The number of nitrogens with zero attached hydrogens (tertiary/aromatic N) is 1. The Kier molecular flexibility index (Phi) is 3.23. The van der Waals surface area contributed by atoms with Crippen LogP contribution in [-0.2, 0) is 16.6 Å². The lowest BCUT2D eigenvalue weighted by molar-refractivity contribution is 0.582. The van der Waals surface area contributed by atoms with Crippen LogP contribution in [0.5, 0.6) is 0 Å². The summed E-state index contributed by atoms with van der Waals surface area (Å²) >= 11 is 2.84. The number of nitrogens with one attached hydrogen (secondary N) is 1. The van der Waals surface area contributed by atoms with E-state index in [0.29, 0.717) is 10.1 Å². The molecular formula is C11H12N2O2S3. The molecule has 0 radical (unpaired) electrons. The lowest BCUT2D eigenvalue weighted by Crippen LogP contribution is -2.22. The van der Waals surface area contributed by atoms with Gasteiger partial charge in [0.25, 0.3) is 0 Å². The number of sulfonamides is 1. The van der Waals surface area contributed by atoms with Gasteiger partial charge in [0.2, 0.25) is 10.0 Å². The van der Waals surface area contributed by atoms with Gasteiger partial charge >= 0.3 is 0 Å². The van der Waals surface area contributed by atoms with Gasteiger partial charge in [-0.2, -0.15) is 0 Å². The van der Waals surface area contributed by atoms with Crippen molar-refractivity contribution in [3.05, 3.63) is 33.6 Å². The third kappa shape index (κ3) is 2.64. The van der Waals surface area contributed by atoms with Gasteiger partial charge in [-0.1, -0.05) is 6.07 Å². The summed E-state index contributed by atoms with van der Waals surface area (Å²) in [4.78, 5) is 4.45. The van der Waals surface area contributed by atoms with Crippen LogP contribution in [0.2, 0.25) is 0 Å². The number of hydrogen-bond acceptors (Lipinski definition) is 5. The van der Waals surface area contributed by atoms with Crippen molar-refractivity contribution in [2.45, 2.75) is 29.5 Å². The molecule has 1 N–H and O–H groups in total. The molecule has 1 aliphatic carbocycles.